The Hall–Kier alpha value is -2.82. The molecule has 0 atom stereocenters. The highest BCUT2D eigenvalue weighted by Crippen LogP contribution is 2.19. The molecule has 0 aromatic heterocycles. The summed E-state index contributed by atoms with van der Waals surface area (Å²) in [5.41, 5.74) is 2.83. The zero-order valence-electron chi connectivity index (χ0n) is 13.4. The van der Waals surface area contributed by atoms with Crippen LogP contribution in [0.25, 0.3) is 0 Å². The van der Waals surface area contributed by atoms with E-state index in [2.05, 4.69) is 5.32 Å². The minimum atomic E-state index is -0.511. The molecule has 2 aromatic carbocycles. The number of rotatable bonds is 5. The van der Waals surface area contributed by atoms with Crippen molar-refractivity contribution in [3.63, 3.8) is 0 Å². The third-order valence-corrected chi connectivity index (χ3v) is 3.22. The highest BCUT2D eigenvalue weighted by atomic mass is 16.6. The van der Waals surface area contributed by atoms with Crippen LogP contribution >= 0.6 is 0 Å². The van der Waals surface area contributed by atoms with E-state index in [9.17, 15) is 9.59 Å². The SMILES string of the molecule is CC(=O)Nc1cccc(OC(=O)COc2ccc(C)c(C)c2)c1. The van der Waals surface area contributed by atoms with E-state index in [0.29, 0.717) is 17.2 Å². The van der Waals surface area contributed by atoms with Gasteiger partial charge in [0.15, 0.2) is 6.61 Å². The number of ether oxygens (including phenoxy) is 2. The monoisotopic (exact) mass is 313 g/mol. The largest absolute Gasteiger partial charge is 0.482 e. The van der Waals surface area contributed by atoms with Gasteiger partial charge in [0.2, 0.25) is 5.91 Å². The van der Waals surface area contributed by atoms with Crippen LogP contribution in [0.3, 0.4) is 0 Å². The van der Waals surface area contributed by atoms with Gasteiger partial charge < -0.3 is 14.8 Å². The van der Waals surface area contributed by atoms with Crippen molar-refractivity contribution < 1.29 is 19.1 Å². The molecular formula is C18H19NO4. The fraction of sp³-hybridized carbons (Fsp3) is 0.222. The van der Waals surface area contributed by atoms with Crippen molar-refractivity contribution in [1.82, 2.24) is 0 Å². The minimum absolute atomic E-state index is 0.188. The first kappa shape index (κ1) is 16.5. The molecule has 0 unspecified atom stereocenters. The van der Waals surface area contributed by atoms with Gasteiger partial charge >= 0.3 is 5.97 Å². The van der Waals surface area contributed by atoms with Crippen LogP contribution in [0.4, 0.5) is 5.69 Å². The lowest BCUT2D eigenvalue weighted by molar-refractivity contribution is -0.136. The summed E-state index contributed by atoms with van der Waals surface area (Å²) < 4.78 is 10.6. The zero-order chi connectivity index (χ0) is 16.8. The summed E-state index contributed by atoms with van der Waals surface area (Å²) in [7, 11) is 0. The molecule has 0 radical (unpaired) electrons. The van der Waals surface area contributed by atoms with Gasteiger partial charge in [0, 0.05) is 18.7 Å². The smallest absolute Gasteiger partial charge is 0.349 e. The Bertz CT molecular complexity index is 725. The number of aryl methyl sites for hydroxylation is 2. The van der Waals surface area contributed by atoms with Crippen LogP contribution in [0.5, 0.6) is 11.5 Å². The first-order valence-corrected chi connectivity index (χ1v) is 7.22. The summed E-state index contributed by atoms with van der Waals surface area (Å²) in [6.45, 7) is 5.21. The predicted octanol–water partition coefficient (Wildman–Crippen LogP) is 3.25. The zero-order valence-corrected chi connectivity index (χ0v) is 13.4. The normalized spacial score (nSPS) is 10.0. The van der Waals surface area contributed by atoms with Gasteiger partial charge in [-0.25, -0.2) is 4.79 Å². The molecule has 5 nitrogen and oxygen atoms in total. The topological polar surface area (TPSA) is 64.6 Å². The standard InChI is InChI=1S/C18H19NO4/c1-12-7-8-16(9-13(12)2)22-11-18(21)23-17-6-4-5-15(10-17)19-14(3)20/h4-10H,11H2,1-3H3,(H,19,20). The lowest BCUT2D eigenvalue weighted by Crippen LogP contribution is -2.18. The Morgan fingerprint density at radius 3 is 2.48 bits per heavy atom. The Balaban J connectivity index is 1.91. The summed E-state index contributed by atoms with van der Waals surface area (Å²) >= 11 is 0. The van der Waals surface area contributed by atoms with Crippen LogP contribution in [0.2, 0.25) is 0 Å². The van der Waals surface area contributed by atoms with Crippen LogP contribution < -0.4 is 14.8 Å². The maximum absolute atomic E-state index is 11.8. The molecule has 0 aliphatic heterocycles. The quantitative estimate of drug-likeness (QED) is 0.680. The first-order chi connectivity index (χ1) is 10.9. The van der Waals surface area contributed by atoms with Crippen molar-refractivity contribution in [3.8, 4) is 11.5 Å². The van der Waals surface area contributed by atoms with E-state index in [4.69, 9.17) is 9.47 Å². The number of esters is 1. The average molecular weight is 313 g/mol. The number of nitrogens with one attached hydrogen (secondary N) is 1. The summed E-state index contributed by atoms with van der Waals surface area (Å²) in [4.78, 5) is 22.9. The van der Waals surface area contributed by atoms with Crippen LogP contribution in [0, 0.1) is 13.8 Å². The lowest BCUT2D eigenvalue weighted by Gasteiger charge is -2.09. The van der Waals surface area contributed by atoms with Crippen molar-refractivity contribution in [1.29, 1.82) is 0 Å². The molecule has 0 bridgehead atoms. The van der Waals surface area contributed by atoms with E-state index in [1.807, 2.05) is 32.0 Å². The summed E-state index contributed by atoms with van der Waals surface area (Å²) in [5, 5.41) is 2.63. The Morgan fingerprint density at radius 2 is 1.78 bits per heavy atom. The molecule has 2 aromatic rings. The van der Waals surface area contributed by atoms with Gasteiger partial charge in [0.05, 0.1) is 0 Å². The summed E-state index contributed by atoms with van der Waals surface area (Å²) in [5.74, 6) is 0.275. The number of hydrogen-bond donors (Lipinski definition) is 1. The number of carbonyl (C=O) groups excluding carboxylic acids is 2. The second kappa shape index (κ2) is 7.45. The molecule has 0 saturated heterocycles. The molecule has 0 spiro atoms. The Kier molecular flexibility index (Phi) is 5.36. The second-order valence-corrected chi connectivity index (χ2v) is 5.22. The van der Waals surface area contributed by atoms with Crippen molar-refractivity contribution in [2.24, 2.45) is 0 Å². The van der Waals surface area contributed by atoms with Gasteiger partial charge in [-0.3, -0.25) is 4.79 Å². The molecular weight excluding hydrogens is 294 g/mol. The molecule has 1 amide bonds. The van der Waals surface area contributed by atoms with E-state index >= 15 is 0 Å². The number of amides is 1. The predicted molar refractivity (Wildman–Crippen MR) is 87.8 cm³/mol. The van der Waals surface area contributed by atoms with Crippen molar-refractivity contribution in [3.05, 3.63) is 53.6 Å². The van der Waals surface area contributed by atoms with Crippen LogP contribution in [0.15, 0.2) is 42.5 Å². The number of benzene rings is 2. The second-order valence-electron chi connectivity index (χ2n) is 5.22. The fourth-order valence-corrected chi connectivity index (χ4v) is 1.95. The van der Waals surface area contributed by atoms with E-state index in [1.165, 1.54) is 6.92 Å². The van der Waals surface area contributed by atoms with Gasteiger partial charge in [-0.2, -0.15) is 0 Å². The number of carbonyl (C=O) groups is 2. The molecule has 0 heterocycles. The molecule has 2 rings (SSSR count). The van der Waals surface area contributed by atoms with Crippen LogP contribution in [-0.4, -0.2) is 18.5 Å². The van der Waals surface area contributed by atoms with Gasteiger partial charge in [-0.05, 0) is 49.2 Å². The number of hydrogen-bond acceptors (Lipinski definition) is 4. The molecule has 0 fully saturated rings. The Labute approximate surface area is 135 Å². The molecule has 0 aliphatic carbocycles. The van der Waals surface area contributed by atoms with E-state index in [-0.39, 0.29) is 12.5 Å². The molecule has 23 heavy (non-hydrogen) atoms. The lowest BCUT2D eigenvalue weighted by atomic mass is 10.1. The number of anilines is 1. The average Bonchev–Trinajstić information content (AvgIpc) is 2.48. The molecule has 120 valence electrons. The molecule has 0 saturated carbocycles. The fourth-order valence-electron chi connectivity index (χ4n) is 1.95. The maximum Gasteiger partial charge on any atom is 0.349 e. The maximum atomic E-state index is 11.8. The Morgan fingerprint density at radius 1 is 1.00 bits per heavy atom. The van der Waals surface area contributed by atoms with Crippen LogP contribution in [-0.2, 0) is 9.59 Å². The van der Waals surface area contributed by atoms with Crippen molar-refractivity contribution in [2.45, 2.75) is 20.8 Å². The van der Waals surface area contributed by atoms with Gasteiger partial charge in [0.1, 0.15) is 11.5 Å². The van der Waals surface area contributed by atoms with Crippen LogP contribution in [0.1, 0.15) is 18.1 Å². The third-order valence-electron chi connectivity index (χ3n) is 3.22. The highest BCUT2D eigenvalue weighted by Gasteiger charge is 2.08. The van der Waals surface area contributed by atoms with Gasteiger partial charge in [0.25, 0.3) is 0 Å². The third kappa shape index (κ3) is 5.14. The van der Waals surface area contributed by atoms with E-state index in [1.54, 1.807) is 24.3 Å². The molecule has 5 heteroatoms. The van der Waals surface area contributed by atoms with Gasteiger partial charge in [-0.1, -0.05) is 12.1 Å². The van der Waals surface area contributed by atoms with Crippen molar-refractivity contribution in [2.75, 3.05) is 11.9 Å². The highest BCUT2D eigenvalue weighted by molar-refractivity contribution is 5.89. The van der Waals surface area contributed by atoms with Crippen molar-refractivity contribution >= 4 is 17.6 Å². The molecule has 1 N–H and O–H groups in total. The summed E-state index contributed by atoms with van der Waals surface area (Å²) in [6, 6.07) is 12.2. The minimum Gasteiger partial charge on any atom is -0.482 e. The summed E-state index contributed by atoms with van der Waals surface area (Å²) in [6.07, 6.45) is 0. The first-order valence-electron chi connectivity index (χ1n) is 7.22. The molecule has 0 aliphatic rings. The van der Waals surface area contributed by atoms with Gasteiger partial charge in [-0.15, -0.1) is 0 Å². The van der Waals surface area contributed by atoms with E-state index < -0.39 is 5.97 Å². The van der Waals surface area contributed by atoms with E-state index in [0.717, 1.165) is 11.1 Å².